The molecule has 5 nitrogen and oxygen atoms in total. The van der Waals surface area contributed by atoms with E-state index >= 15 is 0 Å². The smallest absolute Gasteiger partial charge is 0.220 e. The number of halogens is 2. The van der Waals surface area contributed by atoms with Crippen molar-refractivity contribution in [3.8, 4) is 0 Å². The number of amides is 1. The van der Waals surface area contributed by atoms with Crippen LogP contribution >= 0.6 is 0 Å². The Morgan fingerprint density at radius 2 is 2.04 bits per heavy atom. The lowest BCUT2D eigenvalue weighted by Gasteiger charge is -2.28. The minimum atomic E-state index is -0.913. The molecule has 23 heavy (non-hydrogen) atoms. The molecular formula is C16H22F2N2O3. The number of morpholine rings is 1. The molecule has 1 aromatic rings. The molecule has 1 aliphatic rings. The number of ether oxygens (including phenoxy) is 1. The van der Waals surface area contributed by atoms with Crippen LogP contribution in [0.1, 0.15) is 12.0 Å². The molecule has 0 aliphatic carbocycles. The van der Waals surface area contributed by atoms with E-state index in [2.05, 4.69) is 10.2 Å². The third kappa shape index (κ3) is 6.21. The first-order chi connectivity index (χ1) is 11.0. The maximum atomic E-state index is 13.1. The highest BCUT2D eigenvalue weighted by atomic mass is 19.2. The van der Waals surface area contributed by atoms with Gasteiger partial charge >= 0.3 is 0 Å². The predicted molar refractivity (Wildman–Crippen MR) is 81.0 cm³/mol. The van der Waals surface area contributed by atoms with Crippen molar-refractivity contribution in [3.05, 3.63) is 35.4 Å². The number of rotatable bonds is 7. The number of β-amino-alcohol motifs (C(OH)–C–C–N with tert-alkyl or cyclic N) is 1. The van der Waals surface area contributed by atoms with Crippen molar-refractivity contribution in [1.29, 1.82) is 0 Å². The summed E-state index contributed by atoms with van der Waals surface area (Å²) >= 11 is 0. The molecule has 0 aromatic heterocycles. The minimum absolute atomic E-state index is 0.162. The quantitative estimate of drug-likeness (QED) is 0.774. The number of nitrogens with one attached hydrogen (secondary N) is 1. The number of nitrogens with zero attached hydrogens (tertiary/aromatic N) is 1. The highest BCUT2D eigenvalue weighted by Gasteiger charge is 2.15. The third-order valence-corrected chi connectivity index (χ3v) is 3.73. The summed E-state index contributed by atoms with van der Waals surface area (Å²) in [6.07, 6.45) is -0.155. The zero-order valence-electron chi connectivity index (χ0n) is 12.9. The van der Waals surface area contributed by atoms with Gasteiger partial charge in [0.25, 0.3) is 0 Å². The number of hydrogen-bond donors (Lipinski definition) is 2. The summed E-state index contributed by atoms with van der Waals surface area (Å²) in [5.41, 5.74) is 0.563. The first-order valence-electron chi connectivity index (χ1n) is 7.73. The molecule has 0 radical (unpaired) electrons. The second-order valence-corrected chi connectivity index (χ2v) is 5.62. The van der Waals surface area contributed by atoms with E-state index in [1.807, 2.05) is 0 Å². The van der Waals surface area contributed by atoms with Gasteiger partial charge in [0.05, 0.1) is 19.3 Å². The number of benzene rings is 1. The van der Waals surface area contributed by atoms with Crippen LogP contribution in [0.25, 0.3) is 0 Å². The van der Waals surface area contributed by atoms with Crippen LogP contribution in [0.2, 0.25) is 0 Å². The number of aliphatic hydroxyl groups is 1. The van der Waals surface area contributed by atoms with Crippen molar-refractivity contribution in [2.24, 2.45) is 0 Å². The number of aryl methyl sites for hydroxylation is 1. The third-order valence-electron chi connectivity index (χ3n) is 3.73. The lowest BCUT2D eigenvalue weighted by atomic mass is 10.1. The lowest BCUT2D eigenvalue weighted by molar-refractivity contribution is -0.121. The van der Waals surface area contributed by atoms with Crippen molar-refractivity contribution < 1.29 is 23.4 Å². The summed E-state index contributed by atoms with van der Waals surface area (Å²) in [5.74, 6) is -2.04. The zero-order chi connectivity index (χ0) is 16.7. The summed E-state index contributed by atoms with van der Waals surface area (Å²) in [6.45, 7) is 3.55. The van der Waals surface area contributed by atoms with Gasteiger partial charge in [-0.05, 0) is 24.1 Å². The molecule has 1 heterocycles. The molecular weight excluding hydrogens is 306 g/mol. The van der Waals surface area contributed by atoms with Crippen LogP contribution < -0.4 is 5.32 Å². The van der Waals surface area contributed by atoms with E-state index in [1.165, 1.54) is 6.07 Å². The largest absolute Gasteiger partial charge is 0.390 e. The van der Waals surface area contributed by atoms with E-state index in [1.54, 1.807) is 0 Å². The van der Waals surface area contributed by atoms with Gasteiger partial charge < -0.3 is 15.2 Å². The molecule has 0 spiro atoms. The van der Waals surface area contributed by atoms with Gasteiger partial charge in [-0.1, -0.05) is 6.07 Å². The fourth-order valence-electron chi connectivity index (χ4n) is 2.42. The molecule has 1 aliphatic heterocycles. The molecule has 128 valence electrons. The van der Waals surface area contributed by atoms with Gasteiger partial charge in [0, 0.05) is 32.6 Å². The molecule has 1 unspecified atom stereocenters. The zero-order valence-corrected chi connectivity index (χ0v) is 12.9. The van der Waals surface area contributed by atoms with Crippen LogP contribution in [0.15, 0.2) is 18.2 Å². The van der Waals surface area contributed by atoms with E-state index in [9.17, 15) is 18.7 Å². The Balaban J connectivity index is 1.65. The summed E-state index contributed by atoms with van der Waals surface area (Å²) in [4.78, 5) is 13.8. The molecule has 2 rings (SSSR count). The first kappa shape index (κ1) is 17.8. The van der Waals surface area contributed by atoms with E-state index in [0.717, 1.165) is 25.2 Å². The van der Waals surface area contributed by atoms with E-state index in [0.29, 0.717) is 31.7 Å². The Morgan fingerprint density at radius 3 is 2.74 bits per heavy atom. The molecule has 1 aromatic carbocycles. The van der Waals surface area contributed by atoms with Crippen LogP contribution in [0.3, 0.4) is 0 Å². The van der Waals surface area contributed by atoms with E-state index in [4.69, 9.17) is 4.74 Å². The maximum absolute atomic E-state index is 13.1. The van der Waals surface area contributed by atoms with Gasteiger partial charge in [0.1, 0.15) is 0 Å². The average Bonchev–Trinajstić information content (AvgIpc) is 2.55. The summed E-state index contributed by atoms with van der Waals surface area (Å²) in [7, 11) is 0. The summed E-state index contributed by atoms with van der Waals surface area (Å²) in [5, 5.41) is 12.6. The van der Waals surface area contributed by atoms with Gasteiger partial charge in [0.2, 0.25) is 5.91 Å². The fourth-order valence-corrected chi connectivity index (χ4v) is 2.42. The average molecular weight is 328 g/mol. The van der Waals surface area contributed by atoms with Crippen molar-refractivity contribution in [2.75, 3.05) is 39.4 Å². The number of hydrogen-bond acceptors (Lipinski definition) is 4. The monoisotopic (exact) mass is 328 g/mol. The molecule has 1 amide bonds. The Morgan fingerprint density at radius 1 is 1.30 bits per heavy atom. The van der Waals surface area contributed by atoms with Gasteiger partial charge in [-0.15, -0.1) is 0 Å². The molecule has 0 bridgehead atoms. The van der Waals surface area contributed by atoms with Crippen LogP contribution in [0, 0.1) is 11.6 Å². The second-order valence-electron chi connectivity index (χ2n) is 5.62. The minimum Gasteiger partial charge on any atom is -0.390 e. The molecule has 1 atom stereocenters. The van der Waals surface area contributed by atoms with Crippen molar-refractivity contribution in [3.63, 3.8) is 0 Å². The number of aliphatic hydroxyl groups excluding tert-OH is 1. The number of carbonyl (C=O) groups is 1. The molecule has 0 saturated carbocycles. The Labute approximate surface area is 134 Å². The van der Waals surface area contributed by atoms with Crippen LogP contribution in [0.4, 0.5) is 8.78 Å². The van der Waals surface area contributed by atoms with Gasteiger partial charge in [-0.25, -0.2) is 8.78 Å². The fraction of sp³-hybridized carbons (Fsp3) is 0.562. The summed E-state index contributed by atoms with van der Waals surface area (Å²) in [6, 6.07) is 3.60. The Kier molecular flexibility index (Phi) is 6.88. The van der Waals surface area contributed by atoms with Crippen LogP contribution in [0.5, 0.6) is 0 Å². The predicted octanol–water partition coefficient (Wildman–Crippen LogP) is 0.707. The second kappa shape index (κ2) is 8.90. The molecule has 1 fully saturated rings. The van der Waals surface area contributed by atoms with Gasteiger partial charge in [-0.3, -0.25) is 9.69 Å². The Hall–Kier alpha value is -1.57. The Bertz CT molecular complexity index is 522. The highest BCUT2D eigenvalue weighted by Crippen LogP contribution is 2.10. The molecule has 2 N–H and O–H groups in total. The lowest BCUT2D eigenvalue weighted by Crippen LogP contribution is -2.44. The topological polar surface area (TPSA) is 61.8 Å². The normalized spacial score (nSPS) is 17.0. The van der Waals surface area contributed by atoms with Gasteiger partial charge in [0.15, 0.2) is 11.6 Å². The molecule has 7 heteroatoms. The van der Waals surface area contributed by atoms with E-state index < -0.39 is 17.7 Å². The standard InChI is InChI=1S/C16H22F2N2O3/c17-14-3-1-12(9-15(14)18)2-4-16(22)19-10-13(21)11-20-5-7-23-8-6-20/h1,3,9,13,21H,2,4-8,10-11H2,(H,19,22). The van der Waals surface area contributed by atoms with Crippen molar-refractivity contribution in [1.82, 2.24) is 10.2 Å². The highest BCUT2D eigenvalue weighted by molar-refractivity contribution is 5.76. The first-order valence-corrected chi connectivity index (χ1v) is 7.73. The van der Waals surface area contributed by atoms with Crippen LogP contribution in [-0.4, -0.2) is 61.4 Å². The SMILES string of the molecule is O=C(CCc1ccc(F)c(F)c1)NCC(O)CN1CCOCC1. The van der Waals surface area contributed by atoms with E-state index in [-0.39, 0.29) is 18.9 Å². The van der Waals surface area contributed by atoms with Crippen LogP contribution in [-0.2, 0) is 16.0 Å². The van der Waals surface area contributed by atoms with Gasteiger partial charge in [-0.2, -0.15) is 0 Å². The molecule has 1 saturated heterocycles. The maximum Gasteiger partial charge on any atom is 0.220 e. The van der Waals surface area contributed by atoms with Crippen molar-refractivity contribution in [2.45, 2.75) is 18.9 Å². The number of carbonyl (C=O) groups excluding carboxylic acids is 1. The van der Waals surface area contributed by atoms with Crippen molar-refractivity contribution >= 4 is 5.91 Å². The summed E-state index contributed by atoms with van der Waals surface area (Å²) < 4.78 is 31.1.